The standard InChI is InChI=1S/C16H20BrNO3/c1-2-13(17)16(20)21-14(12-8-4-3-5-9-12)15(19)18-10-6-7-11-18/h3-5,8-9,13-14H,2,6-7,10-11H2,1H3/t13?,14-/m0/s1. The molecule has 0 spiro atoms. The Morgan fingerprint density at radius 2 is 1.86 bits per heavy atom. The van der Waals surface area contributed by atoms with Crippen LogP contribution in [0.1, 0.15) is 37.9 Å². The van der Waals surface area contributed by atoms with Gasteiger partial charge in [-0.3, -0.25) is 9.59 Å². The smallest absolute Gasteiger partial charge is 0.320 e. The molecule has 1 aliphatic rings. The van der Waals surface area contributed by atoms with E-state index in [1.807, 2.05) is 37.3 Å². The average molecular weight is 354 g/mol. The molecule has 0 N–H and O–H groups in total. The molecule has 1 saturated heterocycles. The maximum absolute atomic E-state index is 12.6. The molecular weight excluding hydrogens is 334 g/mol. The molecular formula is C16H20BrNO3. The van der Waals surface area contributed by atoms with Gasteiger partial charge in [0.05, 0.1) is 0 Å². The first kappa shape index (κ1) is 16.0. The molecule has 21 heavy (non-hydrogen) atoms. The van der Waals surface area contributed by atoms with Crippen LogP contribution in [0.25, 0.3) is 0 Å². The number of esters is 1. The first-order valence-corrected chi connectivity index (χ1v) is 8.23. The summed E-state index contributed by atoms with van der Waals surface area (Å²) in [6.07, 6.45) is 1.80. The summed E-state index contributed by atoms with van der Waals surface area (Å²) in [6.45, 7) is 3.37. The highest BCUT2D eigenvalue weighted by Gasteiger charge is 2.32. The number of halogens is 1. The van der Waals surface area contributed by atoms with E-state index in [1.165, 1.54) is 0 Å². The van der Waals surface area contributed by atoms with E-state index in [9.17, 15) is 9.59 Å². The van der Waals surface area contributed by atoms with Crippen LogP contribution in [0.15, 0.2) is 30.3 Å². The molecule has 0 radical (unpaired) electrons. The Kier molecular flexibility index (Phi) is 5.79. The predicted octanol–water partition coefficient (Wildman–Crippen LogP) is 3.07. The second kappa shape index (κ2) is 7.59. The molecule has 0 bridgehead atoms. The Morgan fingerprint density at radius 1 is 1.24 bits per heavy atom. The van der Waals surface area contributed by atoms with Crippen LogP contribution >= 0.6 is 15.9 Å². The van der Waals surface area contributed by atoms with Crippen LogP contribution < -0.4 is 0 Å². The minimum atomic E-state index is -0.844. The fraction of sp³-hybridized carbons (Fsp3) is 0.500. The van der Waals surface area contributed by atoms with E-state index in [4.69, 9.17) is 4.74 Å². The summed E-state index contributed by atoms with van der Waals surface area (Å²) in [5.74, 6) is -0.512. The fourth-order valence-electron chi connectivity index (χ4n) is 2.35. The molecule has 1 aromatic carbocycles. The number of ether oxygens (including phenoxy) is 1. The van der Waals surface area contributed by atoms with Gasteiger partial charge in [-0.25, -0.2) is 0 Å². The van der Waals surface area contributed by atoms with Crippen molar-refractivity contribution in [2.45, 2.75) is 37.1 Å². The molecule has 0 aromatic heterocycles. The zero-order valence-electron chi connectivity index (χ0n) is 12.1. The summed E-state index contributed by atoms with van der Waals surface area (Å²) in [7, 11) is 0. The number of nitrogens with zero attached hydrogens (tertiary/aromatic N) is 1. The van der Waals surface area contributed by atoms with Crippen molar-refractivity contribution in [2.75, 3.05) is 13.1 Å². The lowest BCUT2D eigenvalue weighted by Crippen LogP contribution is -2.35. The summed E-state index contributed by atoms with van der Waals surface area (Å²) in [6, 6.07) is 9.21. The molecule has 114 valence electrons. The predicted molar refractivity (Wildman–Crippen MR) is 84.1 cm³/mol. The molecule has 1 amide bonds. The highest BCUT2D eigenvalue weighted by atomic mass is 79.9. The van der Waals surface area contributed by atoms with Gasteiger partial charge in [-0.05, 0) is 19.3 Å². The van der Waals surface area contributed by atoms with E-state index in [-0.39, 0.29) is 16.7 Å². The molecule has 1 aromatic rings. The Labute approximate surface area is 133 Å². The van der Waals surface area contributed by atoms with Crippen molar-refractivity contribution < 1.29 is 14.3 Å². The van der Waals surface area contributed by atoms with Gasteiger partial charge in [0.1, 0.15) is 4.83 Å². The zero-order valence-corrected chi connectivity index (χ0v) is 13.7. The number of amides is 1. The van der Waals surface area contributed by atoms with Crippen molar-refractivity contribution in [1.82, 2.24) is 4.90 Å². The zero-order chi connectivity index (χ0) is 15.2. The van der Waals surface area contributed by atoms with Crippen LogP contribution in [0, 0.1) is 0 Å². The average Bonchev–Trinajstić information content (AvgIpc) is 3.06. The topological polar surface area (TPSA) is 46.6 Å². The molecule has 0 saturated carbocycles. The maximum atomic E-state index is 12.6. The maximum Gasteiger partial charge on any atom is 0.320 e. The van der Waals surface area contributed by atoms with Crippen molar-refractivity contribution >= 4 is 27.8 Å². The van der Waals surface area contributed by atoms with E-state index in [2.05, 4.69) is 15.9 Å². The first-order chi connectivity index (χ1) is 10.1. The van der Waals surface area contributed by atoms with E-state index < -0.39 is 6.10 Å². The van der Waals surface area contributed by atoms with Crippen molar-refractivity contribution in [3.63, 3.8) is 0 Å². The summed E-state index contributed by atoms with van der Waals surface area (Å²) in [5, 5.41) is 0. The Bertz CT molecular complexity index is 486. The number of alkyl halides is 1. The number of benzene rings is 1. The van der Waals surface area contributed by atoms with Crippen molar-refractivity contribution in [1.29, 1.82) is 0 Å². The number of rotatable bonds is 5. The summed E-state index contributed by atoms with van der Waals surface area (Å²) >= 11 is 3.28. The lowest BCUT2D eigenvalue weighted by molar-refractivity contribution is -0.160. The summed E-state index contributed by atoms with van der Waals surface area (Å²) in [5.41, 5.74) is 0.721. The van der Waals surface area contributed by atoms with Gasteiger partial charge in [0.2, 0.25) is 6.10 Å². The van der Waals surface area contributed by atoms with Crippen molar-refractivity contribution in [3.8, 4) is 0 Å². The van der Waals surface area contributed by atoms with Gasteiger partial charge >= 0.3 is 5.97 Å². The second-order valence-corrected chi connectivity index (χ2v) is 6.24. The monoisotopic (exact) mass is 353 g/mol. The van der Waals surface area contributed by atoms with Crippen LogP contribution in [-0.2, 0) is 14.3 Å². The summed E-state index contributed by atoms with van der Waals surface area (Å²) < 4.78 is 5.49. The molecule has 4 nitrogen and oxygen atoms in total. The van der Waals surface area contributed by atoms with E-state index in [0.717, 1.165) is 31.5 Å². The molecule has 1 fully saturated rings. The third kappa shape index (κ3) is 4.06. The van der Waals surface area contributed by atoms with Crippen LogP contribution in [0.5, 0.6) is 0 Å². The van der Waals surface area contributed by atoms with Gasteiger partial charge in [-0.15, -0.1) is 0 Å². The quantitative estimate of drug-likeness (QED) is 0.603. The normalized spacial score (nSPS) is 17.3. The fourth-order valence-corrected chi connectivity index (χ4v) is 2.46. The largest absolute Gasteiger partial charge is 0.446 e. The van der Waals surface area contributed by atoms with Crippen LogP contribution in [0.4, 0.5) is 0 Å². The van der Waals surface area contributed by atoms with Gasteiger partial charge < -0.3 is 9.64 Å². The lowest BCUT2D eigenvalue weighted by atomic mass is 10.1. The molecule has 2 rings (SSSR count). The molecule has 1 heterocycles. The number of hydrogen-bond acceptors (Lipinski definition) is 3. The van der Waals surface area contributed by atoms with Gasteiger partial charge in [0, 0.05) is 18.7 Å². The van der Waals surface area contributed by atoms with Crippen molar-refractivity contribution in [2.24, 2.45) is 0 Å². The molecule has 1 aliphatic heterocycles. The molecule has 2 atom stereocenters. The van der Waals surface area contributed by atoms with Crippen molar-refractivity contribution in [3.05, 3.63) is 35.9 Å². The minimum absolute atomic E-state index is 0.122. The minimum Gasteiger partial charge on any atom is -0.446 e. The molecule has 5 heteroatoms. The van der Waals surface area contributed by atoms with E-state index in [1.54, 1.807) is 4.90 Å². The highest BCUT2D eigenvalue weighted by molar-refractivity contribution is 9.10. The van der Waals surface area contributed by atoms with Gasteiger partial charge in [0.25, 0.3) is 5.91 Å². The van der Waals surface area contributed by atoms with Gasteiger partial charge in [-0.2, -0.15) is 0 Å². The van der Waals surface area contributed by atoms with Gasteiger partial charge in [0.15, 0.2) is 0 Å². The van der Waals surface area contributed by atoms with Crippen LogP contribution in [0.3, 0.4) is 0 Å². The van der Waals surface area contributed by atoms with Gasteiger partial charge in [-0.1, -0.05) is 53.2 Å². The SMILES string of the molecule is CCC(Br)C(=O)O[C@H](C(=O)N1CCCC1)c1ccccc1. The first-order valence-electron chi connectivity index (χ1n) is 7.31. The Hall–Kier alpha value is -1.36. The number of hydrogen-bond donors (Lipinski definition) is 0. The Balaban J connectivity index is 2.18. The third-order valence-corrected chi connectivity index (χ3v) is 4.61. The molecule has 1 unspecified atom stereocenters. The molecule has 0 aliphatic carbocycles. The van der Waals surface area contributed by atoms with Crippen LogP contribution in [-0.4, -0.2) is 34.7 Å². The highest BCUT2D eigenvalue weighted by Crippen LogP contribution is 2.24. The summed E-state index contributed by atoms with van der Waals surface area (Å²) in [4.78, 5) is 26.1. The number of carbonyl (C=O) groups excluding carboxylic acids is 2. The van der Waals surface area contributed by atoms with E-state index >= 15 is 0 Å². The van der Waals surface area contributed by atoms with Crippen LogP contribution in [0.2, 0.25) is 0 Å². The van der Waals surface area contributed by atoms with E-state index in [0.29, 0.717) is 6.42 Å². The lowest BCUT2D eigenvalue weighted by Gasteiger charge is -2.24. The third-order valence-electron chi connectivity index (χ3n) is 3.59. The number of likely N-dealkylation sites (tertiary alicyclic amines) is 1. The Morgan fingerprint density at radius 3 is 2.43 bits per heavy atom. The number of carbonyl (C=O) groups is 2. The second-order valence-electron chi connectivity index (χ2n) is 5.14.